The van der Waals surface area contributed by atoms with Gasteiger partial charge in [-0.25, -0.2) is 4.39 Å². The molecule has 10 heteroatoms. The van der Waals surface area contributed by atoms with Crippen LogP contribution in [0.2, 0.25) is 0 Å². The number of hydrogen-bond acceptors (Lipinski definition) is 4. The van der Waals surface area contributed by atoms with Crippen LogP contribution < -0.4 is 16.3 Å². The van der Waals surface area contributed by atoms with Crippen LogP contribution >= 0.6 is 0 Å². The lowest BCUT2D eigenvalue weighted by molar-refractivity contribution is -0.179. The zero-order valence-corrected chi connectivity index (χ0v) is 22.2. The molecule has 8 unspecified atom stereocenters. The molecule has 3 aliphatic carbocycles. The summed E-state index contributed by atoms with van der Waals surface area (Å²) in [6.45, 7) is 2.76. The number of piperidine rings is 1. The Morgan fingerprint density at radius 2 is 1.92 bits per heavy atom. The van der Waals surface area contributed by atoms with Crippen LogP contribution in [0.5, 0.6) is 0 Å². The molecule has 2 heterocycles. The van der Waals surface area contributed by atoms with E-state index in [0.29, 0.717) is 57.5 Å². The minimum Gasteiger partial charge on any atom is -0.432 e. The Bertz CT molecular complexity index is 1010. The molecule has 9 atom stereocenters. The predicted molar refractivity (Wildman–Crippen MR) is 133 cm³/mol. The number of carbonyl (C=O) groups is 1. The number of halogens is 4. The molecule has 6 nitrogen and oxygen atoms in total. The van der Waals surface area contributed by atoms with Gasteiger partial charge in [0.25, 0.3) is 5.68 Å². The van der Waals surface area contributed by atoms with Gasteiger partial charge in [-0.2, -0.15) is 13.2 Å². The summed E-state index contributed by atoms with van der Waals surface area (Å²) in [5, 5.41) is 14.1. The molecule has 0 bridgehead atoms. The molecule has 4 fully saturated rings. The summed E-state index contributed by atoms with van der Waals surface area (Å²) >= 11 is 0. The molecule has 3 N–H and O–H groups in total. The van der Waals surface area contributed by atoms with E-state index >= 15 is 0 Å². The number of hydrogen-bond donors (Lipinski definition) is 3. The molecular formula is C28H42F4N4O2. The van der Waals surface area contributed by atoms with Crippen LogP contribution in [-0.4, -0.2) is 41.5 Å². The van der Waals surface area contributed by atoms with Gasteiger partial charge in [0.05, 0.1) is 0 Å². The largest absolute Gasteiger partial charge is 0.432 e. The summed E-state index contributed by atoms with van der Waals surface area (Å²) in [5.74, 6) is -0.568. The van der Waals surface area contributed by atoms with Gasteiger partial charge in [-0.1, -0.05) is 6.92 Å². The zero-order valence-electron chi connectivity index (χ0n) is 22.2. The highest BCUT2D eigenvalue weighted by molar-refractivity contribution is 5.79. The first kappa shape index (κ1) is 27.7. The van der Waals surface area contributed by atoms with Crippen molar-refractivity contribution in [2.24, 2.45) is 41.4 Å². The maximum atomic E-state index is 14.2. The maximum Gasteiger partial charge on any atom is 0.404 e. The third-order valence-electron chi connectivity index (χ3n) is 9.86. The van der Waals surface area contributed by atoms with Gasteiger partial charge in [0, 0.05) is 24.7 Å². The highest BCUT2D eigenvalue weighted by atomic mass is 19.4. The van der Waals surface area contributed by atoms with E-state index in [9.17, 15) is 22.4 Å². The Morgan fingerprint density at radius 1 is 1.16 bits per heavy atom. The number of amides is 1. The summed E-state index contributed by atoms with van der Waals surface area (Å²) in [7, 11) is 0. The standard InChI is InChI=1S/C28H42F4N4O2/c1-16-11-19(6-7-23(16)29)24(18-4-5-18)35-26(37)21-13-17(15-36-9-10-38-27(36)33)12-20(14-21)22-3-2-8-34-25(22)28(30,31)32/h9-10,16-25,33-34H,2-8,11-15H2,1H3,(H,35,37)/t16?,17?,19?,20?,21?,22?,23?,24-,25?/m0/s1. The Labute approximate surface area is 221 Å². The fraction of sp³-hybridized carbons (Fsp3) is 0.857. The number of carbonyl (C=O) groups excluding carboxylic acids is 1. The van der Waals surface area contributed by atoms with Crippen LogP contribution in [0.4, 0.5) is 17.6 Å². The summed E-state index contributed by atoms with van der Waals surface area (Å²) in [5.41, 5.74) is 0.00649. The van der Waals surface area contributed by atoms with Crippen molar-refractivity contribution in [1.29, 1.82) is 5.41 Å². The summed E-state index contributed by atoms with van der Waals surface area (Å²) in [4.78, 5) is 13.8. The zero-order chi connectivity index (χ0) is 27.0. The van der Waals surface area contributed by atoms with E-state index in [1.165, 1.54) is 6.26 Å². The number of aromatic nitrogens is 1. The molecule has 1 aromatic heterocycles. The predicted octanol–water partition coefficient (Wildman–Crippen LogP) is 5.19. The van der Waals surface area contributed by atoms with Crippen LogP contribution in [0, 0.1) is 46.8 Å². The molecule has 3 saturated carbocycles. The van der Waals surface area contributed by atoms with E-state index in [2.05, 4.69) is 10.6 Å². The second-order valence-corrected chi connectivity index (χ2v) is 12.6. The third kappa shape index (κ3) is 6.31. The van der Waals surface area contributed by atoms with Crippen molar-refractivity contribution >= 4 is 5.91 Å². The highest BCUT2D eigenvalue weighted by Gasteiger charge is 2.50. The molecule has 4 aliphatic rings. The van der Waals surface area contributed by atoms with Crippen molar-refractivity contribution in [3.63, 3.8) is 0 Å². The monoisotopic (exact) mass is 542 g/mol. The van der Waals surface area contributed by atoms with E-state index in [1.54, 1.807) is 10.8 Å². The molecule has 0 radical (unpaired) electrons. The SMILES string of the molecule is CC1CC([C@@H](NC(=O)C2CC(Cn3ccoc3=N)CC(C3CCCNC3C(F)(F)F)C2)C2CC2)CCC1F. The molecule has 1 saturated heterocycles. The fourth-order valence-electron chi connectivity index (χ4n) is 7.79. The van der Waals surface area contributed by atoms with Crippen molar-refractivity contribution in [2.45, 2.75) is 102 Å². The smallest absolute Gasteiger partial charge is 0.404 e. The van der Waals surface area contributed by atoms with Crippen molar-refractivity contribution in [3.8, 4) is 0 Å². The molecular weight excluding hydrogens is 500 g/mol. The van der Waals surface area contributed by atoms with Gasteiger partial charge in [0.15, 0.2) is 0 Å². The molecule has 1 aromatic rings. The Kier molecular flexibility index (Phi) is 8.27. The Morgan fingerprint density at radius 3 is 2.58 bits per heavy atom. The number of alkyl halides is 4. The second kappa shape index (κ2) is 11.3. The first-order valence-electron chi connectivity index (χ1n) is 14.5. The van der Waals surface area contributed by atoms with E-state index in [4.69, 9.17) is 9.83 Å². The van der Waals surface area contributed by atoms with Gasteiger partial charge in [-0.05, 0) is 106 Å². The van der Waals surface area contributed by atoms with Crippen molar-refractivity contribution in [2.75, 3.05) is 6.54 Å². The van der Waals surface area contributed by atoms with E-state index in [-0.39, 0.29) is 47.2 Å². The average molecular weight is 543 g/mol. The van der Waals surface area contributed by atoms with Crippen LogP contribution in [0.15, 0.2) is 16.9 Å². The number of nitrogens with zero attached hydrogens (tertiary/aromatic N) is 1. The molecule has 214 valence electrons. The van der Waals surface area contributed by atoms with Crippen LogP contribution in [0.1, 0.15) is 71.1 Å². The first-order valence-corrected chi connectivity index (χ1v) is 14.5. The van der Waals surface area contributed by atoms with Crippen LogP contribution in [0.25, 0.3) is 0 Å². The third-order valence-corrected chi connectivity index (χ3v) is 9.86. The van der Waals surface area contributed by atoms with E-state index in [1.807, 2.05) is 6.92 Å². The van der Waals surface area contributed by atoms with Gasteiger partial charge in [0.2, 0.25) is 5.91 Å². The average Bonchev–Trinajstić information content (AvgIpc) is 3.65. The highest BCUT2D eigenvalue weighted by Crippen LogP contribution is 2.46. The van der Waals surface area contributed by atoms with Gasteiger partial charge in [0.1, 0.15) is 18.5 Å². The van der Waals surface area contributed by atoms with Crippen molar-refractivity contribution in [3.05, 3.63) is 18.1 Å². The molecule has 1 amide bonds. The minimum absolute atomic E-state index is 0.00649. The van der Waals surface area contributed by atoms with E-state index in [0.717, 1.165) is 25.7 Å². The lowest BCUT2D eigenvalue weighted by Crippen LogP contribution is -2.54. The van der Waals surface area contributed by atoms with E-state index < -0.39 is 24.3 Å². The molecule has 5 rings (SSSR count). The van der Waals surface area contributed by atoms with Gasteiger partial charge in [-0.3, -0.25) is 14.8 Å². The normalized spacial score (nSPS) is 37.5. The maximum absolute atomic E-state index is 14.2. The van der Waals surface area contributed by atoms with Crippen molar-refractivity contribution < 1.29 is 26.8 Å². The quantitative estimate of drug-likeness (QED) is 0.415. The molecule has 38 heavy (non-hydrogen) atoms. The minimum atomic E-state index is -4.33. The number of rotatable bonds is 7. The van der Waals surface area contributed by atoms with Gasteiger partial charge in [-0.15, -0.1) is 0 Å². The Balaban J connectivity index is 1.33. The van der Waals surface area contributed by atoms with Gasteiger partial charge >= 0.3 is 6.18 Å². The summed E-state index contributed by atoms with van der Waals surface area (Å²) < 4.78 is 62.9. The fourth-order valence-corrected chi connectivity index (χ4v) is 7.79. The second-order valence-electron chi connectivity index (χ2n) is 12.6. The van der Waals surface area contributed by atoms with Crippen LogP contribution in [0.3, 0.4) is 0 Å². The summed E-state index contributed by atoms with van der Waals surface area (Å²) in [6, 6.07) is -1.52. The Hall–Kier alpha value is -1.84. The van der Waals surface area contributed by atoms with Crippen molar-refractivity contribution in [1.82, 2.24) is 15.2 Å². The topological polar surface area (TPSA) is 83.1 Å². The van der Waals surface area contributed by atoms with Gasteiger partial charge < -0.3 is 15.1 Å². The molecule has 0 spiro atoms. The molecule has 1 aliphatic heterocycles. The first-order chi connectivity index (χ1) is 18.1. The lowest BCUT2D eigenvalue weighted by Gasteiger charge is -2.44. The lowest BCUT2D eigenvalue weighted by atomic mass is 9.66. The number of oxazole rings is 1. The summed E-state index contributed by atoms with van der Waals surface area (Å²) in [6.07, 6.45) is 5.04. The number of nitrogens with one attached hydrogen (secondary N) is 3. The molecule has 0 aromatic carbocycles. The van der Waals surface area contributed by atoms with Crippen LogP contribution in [-0.2, 0) is 11.3 Å².